The summed E-state index contributed by atoms with van der Waals surface area (Å²) in [7, 11) is 0. The van der Waals surface area contributed by atoms with Gasteiger partial charge in [-0.3, -0.25) is 5.21 Å². The van der Waals surface area contributed by atoms with Crippen LogP contribution in [0.15, 0.2) is 4.99 Å². The van der Waals surface area contributed by atoms with E-state index in [9.17, 15) is 0 Å². The van der Waals surface area contributed by atoms with Gasteiger partial charge in [0, 0.05) is 0 Å². The van der Waals surface area contributed by atoms with Crippen molar-refractivity contribution in [3.8, 4) is 0 Å². The van der Waals surface area contributed by atoms with Gasteiger partial charge in [0.05, 0.1) is 19.3 Å². The summed E-state index contributed by atoms with van der Waals surface area (Å²) in [4.78, 5) is 3.72. The standard InChI is InChI=1S/C6H15N3O2/c1-5(2)11-4-3-8-6(7)9-10/h5,10H,3-4H2,1-2H3,(H3,7,8,9). The largest absolute Gasteiger partial charge is 0.377 e. The highest BCUT2D eigenvalue weighted by molar-refractivity contribution is 5.76. The van der Waals surface area contributed by atoms with Crippen LogP contribution in [0.3, 0.4) is 0 Å². The third-order valence-electron chi connectivity index (χ3n) is 0.939. The van der Waals surface area contributed by atoms with Gasteiger partial charge >= 0.3 is 0 Å². The molecule has 0 rings (SSSR count). The lowest BCUT2D eigenvalue weighted by molar-refractivity contribution is 0.0851. The fourth-order valence-corrected chi connectivity index (χ4v) is 0.490. The zero-order chi connectivity index (χ0) is 8.69. The molecule has 0 radical (unpaired) electrons. The van der Waals surface area contributed by atoms with Gasteiger partial charge in [-0.15, -0.1) is 0 Å². The first-order chi connectivity index (χ1) is 5.16. The van der Waals surface area contributed by atoms with E-state index in [1.807, 2.05) is 13.8 Å². The minimum atomic E-state index is 0.0114. The van der Waals surface area contributed by atoms with Crippen LogP contribution in [-0.4, -0.2) is 30.4 Å². The molecule has 0 saturated carbocycles. The predicted molar refractivity (Wildman–Crippen MR) is 42.5 cm³/mol. The number of rotatable bonds is 4. The Balaban J connectivity index is 3.26. The summed E-state index contributed by atoms with van der Waals surface area (Å²) in [5.41, 5.74) is 6.85. The summed E-state index contributed by atoms with van der Waals surface area (Å²) in [5, 5.41) is 8.20. The lowest BCUT2D eigenvalue weighted by atomic mass is 10.5. The second-order valence-electron chi connectivity index (χ2n) is 2.30. The van der Waals surface area contributed by atoms with Gasteiger partial charge in [-0.2, -0.15) is 0 Å². The predicted octanol–water partition coefficient (Wildman–Crippen LogP) is -0.295. The Morgan fingerprint density at radius 2 is 2.36 bits per heavy atom. The second-order valence-corrected chi connectivity index (χ2v) is 2.30. The van der Waals surface area contributed by atoms with Gasteiger partial charge in [-0.25, -0.2) is 10.5 Å². The number of guanidine groups is 1. The van der Waals surface area contributed by atoms with E-state index in [-0.39, 0.29) is 12.1 Å². The number of aliphatic imine (C=N–C) groups is 1. The molecule has 0 aromatic carbocycles. The normalized spacial score (nSPS) is 12.2. The smallest absolute Gasteiger partial charge is 0.212 e. The van der Waals surface area contributed by atoms with Gasteiger partial charge in [0.15, 0.2) is 0 Å². The molecule has 0 amide bonds. The lowest BCUT2D eigenvalue weighted by Gasteiger charge is -2.04. The van der Waals surface area contributed by atoms with Crippen molar-refractivity contribution in [2.45, 2.75) is 20.0 Å². The average Bonchev–Trinajstić information content (AvgIpc) is 1.97. The molecule has 11 heavy (non-hydrogen) atoms. The fourth-order valence-electron chi connectivity index (χ4n) is 0.490. The maximum absolute atomic E-state index is 8.20. The number of nitrogens with two attached hydrogens (primary N) is 1. The Morgan fingerprint density at radius 3 is 2.82 bits per heavy atom. The molecular formula is C6H15N3O2. The SMILES string of the molecule is CC(C)OCCN=C(N)NO. The molecule has 0 heterocycles. The third kappa shape index (κ3) is 7.08. The summed E-state index contributed by atoms with van der Waals surface area (Å²) in [5.74, 6) is 0.0114. The fraction of sp³-hybridized carbons (Fsp3) is 0.833. The van der Waals surface area contributed by atoms with E-state index < -0.39 is 0 Å². The summed E-state index contributed by atoms with van der Waals surface area (Å²) in [6.45, 7) is 4.85. The number of nitrogens with zero attached hydrogens (tertiary/aromatic N) is 1. The Bertz CT molecular complexity index is 125. The Labute approximate surface area is 66.2 Å². The van der Waals surface area contributed by atoms with Crippen LogP contribution in [-0.2, 0) is 4.74 Å². The molecule has 5 nitrogen and oxygen atoms in total. The van der Waals surface area contributed by atoms with Gasteiger partial charge in [0.1, 0.15) is 0 Å². The third-order valence-corrected chi connectivity index (χ3v) is 0.939. The van der Waals surface area contributed by atoms with E-state index >= 15 is 0 Å². The monoisotopic (exact) mass is 161 g/mol. The lowest BCUT2D eigenvalue weighted by Crippen LogP contribution is -2.29. The molecule has 0 aliphatic carbocycles. The highest BCUT2D eigenvalue weighted by atomic mass is 16.5. The van der Waals surface area contributed by atoms with E-state index in [4.69, 9.17) is 15.7 Å². The quantitative estimate of drug-likeness (QED) is 0.229. The maximum atomic E-state index is 8.20. The summed E-state index contributed by atoms with van der Waals surface area (Å²) in [6.07, 6.45) is 0.202. The van der Waals surface area contributed by atoms with E-state index in [1.165, 1.54) is 0 Å². The maximum Gasteiger partial charge on any atom is 0.212 e. The van der Waals surface area contributed by atoms with Crippen LogP contribution in [0, 0.1) is 0 Å². The van der Waals surface area contributed by atoms with Crippen molar-refractivity contribution in [3.63, 3.8) is 0 Å². The molecule has 5 heteroatoms. The summed E-state index contributed by atoms with van der Waals surface area (Å²) >= 11 is 0. The van der Waals surface area contributed by atoms with Gasteiger partial charge in [-0.1, -0.05) is 0 Å². The molecule has 0 saturated heterocycles. The van der Waals surface area contributed by atoms with Crippen molar-refractivity contribution in [2.75, 3.05) is 13.2 Å². The first kappa shape index (κ1) is 10.2. The number of nitrogens with one attached hydrogen (secondary N) is 1. The Kier molecular flexibility index (Phi) is 5.50. The molecule has 0 unspecified atom stereocenters. The van der Waals surface area contributed by atoms with Crippen molar-refractivity contribution < 1.29 is 9.94 Å². The molecule has 0 aromatic rings. The minimum Gasteiger partial charge on any atom is -0.377 e. The van der Waals surface area contributed by atoms with Crippen LogP contribution in [0.5, 0.6) is 0 Å². The minimum absolute atomic E-state index is 0.0114. The molecule has 66 valence electrons. The van der Waals surface area contributed by atoms with Gasteiger partial charge < -0.3 is 10.5 Å². The Morgan fingerprint density at radius 1 is 1.73 bits per heavy atom. The van der Waals surface area contributed by atoms with Crippen LogP contribution in [0.2, 0.25) is 0 Å². The van der Waals surface area contributed by atoms with Crippen LogP contribution in [0.25, 0.3) is 0 Å². The number of hydrogen-bond donors (Lipinski definition) is 3. The van der Waals surface area contributed by atoms with E-state index in [1.54, 1.807) is 5.48 Å². The molecule has 0 spiro atoms. The second kappa shape index (κ2) is 5.94. The van der Waals surface area contributed by atoms with Crippen LogP contribution in [0.4, 0.5) is 0 Å². The van der Waals surface area contributed by atoms with E-state index in [0.717, 1.165) is 0 Å². The zero-order valence-electron chi connectivity index (χ0n) is 6.87. The van der Waals surface area contributed by atoms with Crippen LogP contribution in [0.1, 0.15) is 13.8 Å². The molecule has 0 aromatic heterocycles. The van der Waals surface area contributed by atoms with Crippen molar-refractivity contribution in [1.82, 2.24) is 5.48 Å². The molecule has 0 aliphatic rings. The Hall–Kier alpha value is -0.810. The molecule has 4 N–H and O–H groups in total. The van der Waals surface area contributed by atoms with E-state index in [2.05, 4.69) is 4.99 Å². The molecule has 0 fully saturated rings. The first-order valence-corrected chi connectivity index (χ1v) is 3.48. The topological polar surface area (TPSA) is 79.9 Å². The van der Waals surface area contributed by atoms with Gasteiger partial charge in [0.25, 0.3) is 0 Å². The summed E-state index contributed by atoms with van der Waals surface area (Å²) < 4.78 is 5.16. The molecule has 0 aliphatic heterocycles. The number of ether oxygens (including phenoxy) is 1. The zero-order valence-corrected chi connectivity index (χ0v) is 6.87. The average molecular weight is 161 g/mol. The highest BCUT2D eigenvalue weighted by Crippen LogP contribution is 1.86. The first-order valence-electron chi connectivity index (χ1n) is 3.48. The van der Waals surface area contributed by atoms with Gasteiger partial charge in [-0.05, 0) is 13.8 Å². The number of hydroxylamine groups is 1. The highest BCUT2D eigenvalue weighted by Gasteiger charge is 1.91. The van der Waals surface area contributed by atoms with Crippen molar-refractivity contribution in [1.29, 1.82) is 0 Å². The van der Waals surface area contributed by atoms with E-state index in [0.29, 0.717) is 13.2 Å². The van der Waals surface area contributed by atoms with Crippen molar-refractivity contribution in [2.24, 2.45) is 10.7 Å². The van der Waals surface area contributed by atoms with Crippen molar-refractivity contribution >= 4 is 5.96 Å². The number of hydrogen-bond acceptors (Lipinski definition) is 3. The van der Waals surface area contributed by atoms with Crippen LogP contribution < -0.4 is 11.2 Å². The molecular weight excluding hydrogens is 146 g/mol. The molecule has 0 bridgehead atoms. The van der Waals surface area contributed by atoms with Crippen molar-refractivity contribution in [3.05, 3.63) is 0 Å². The van der Waals surface area contributed by atoms with Gasteiger partial charge in [0.2, 0.25) is 5.96 Å². The molecule has 0 atom stereocenters. The van der Waals surface area contributed by atoms with Crippen LogP contribution >= 0.6 is 0 Å². The summed E-state index contributed by atoms with van der Waals surface area (Å²) in [6, 6.07) is 0.